The van der Waals surface area contributed by atoms with E-state index in [1.807, 2.05) is 0 Å². The van der Waals surface area contributed by atoms with Gasteiger partial charge in [0.2, 0.25) is 0 Å². The zero-order valence-electron chi connectivity index (χ0n) is 19.0. The number of aromatic nitrogens is 1. The van der Waals surface area contributed by atoms with Gasteiger partial charge in [0.25, 0.3) is 0 Å². The van der Waals surface area contributed by atoms with Crippen LogP contribution >= 0.6 is 11.8 Å². The monoisotopic (exact) mass is 494 g/mol. The number of rotatable bonds is 8. The minimum absolute atomic E-state index is 0.0310. The van der Waals surface area contributed by atoms with Crippen molar-refractivity contribution in [3.05, 3.63) is 77.5 Å². The maximum atomic E-state index is 14.9. The molecule has 180 valence electrons. The summed E-state index contributed by atoms with van der Waals surface area (Å²) >= 11 is 1.62. The van der Waals surface area contributed by atoms with Crippen LogP contribution in [0.2, 0.25) is 0 Å². The lowest BCUT2D eigenvalue weighted by Gasteiger charge is -2.15. The van der Waals surface area contributed by atoms with Crippen molar-refractivity contribution in [3.63, 3.8) is 0 Å². The van der Waals surface area contributed by atoms with Crippen molar-refractivity contribution in [2.45, 2.75) is 37.0 Å². The number of carbonyl (C=O) groups is 2. The Labute approximate surface area is 206 Å². The molecule has 0 unspecified atom stereocenters. The molecule has 35 heavy (non-hydrogen) atoms. The van der Waals surface area contributed by atoms with Crippen LogP contribution in [-0.2, 0) is 22.4 Å². The van der Waals surface area contributed by atoms with Gasteiger partial charge in [-0.15, -0.1) is 11.8 Å². The molecule has 2 aromatic carbocycles. The summed E-state index contributed by atoms with van der Waals surface area (Å²) in [4.78, 5) is 31.1. The number of Topliss-reactive ketones (excluding diaryl/α,β-unsaturated/α-hetero) is 2. The summed E-state index contributed by atoms with van der Waals surface area (Å²) in [5, 5.41) is 3.26. The molecule has 0 bridgehead atoms. The fourth-order valence-corrected chi connectivity index (χ4v) is 5.24. The molecule has 1 aliphatic heterocycles. The van der Waals surface area contributed by atoms with Gasteiger partial charge in [0, 0.05) is 31.6 Å². The van der Waals surface area contributed by atoms with Crippen molar-refractivity contribution in [1.29, 1.82) is 0 Å². The van der Waals surface area contributed by atoms with E-state index in [4.69, 9.17) is 4.74 Å². The zero-order valence-corrected chi connectivity index (χ0v) is 19.8. The van der Waals surface area contributed by atoms with Gasteiger partial charge < -0.3 is 10.1 Å². The molecule has 0 atom stereocenters. The van der Waals surface area contributed by atoms with Crippen molar-refractivity contribution in [3.8, 4) is 11.5 Å². The summed E-state index contributed by atoms with van der Waals surface area (Å²) in [5.74, 6) is 0.907. The minimum atomic E-state index is -1.02. The van der Waals surface area contributed by atoms with Crippen molar-refractivity contribution in [2.24, 2.45) is 5.41 Å². The molecule has 2 aliphatic rings. The molecule has 0 amide bonds. The van der Waals surface area contributed by atoms with E-state index in [-0.39, 0.29) is 36.0 Å². The largest absolute Gasteiger partial charge is 0.453 e. The van der Waals surface area contributed by atoms with Crippen LogP contribution in [0.1, 0.15) is 30.4 Å². The molecule has 5 nitrogen and oxygen atoms in total. The van der Waals surface area contributed by atoms with Crippen LogP contribution in [0.15, 0.2) is 59.6 Å². The first-order chi connectivity index (χ1) is 16.9. The summed E-state index contributed by atoms with van der Waals surface area (Å²) in [5.41, 5.74) is 0.148. The fourth-order valence-electron chi connectivity index (χ4n) is 4.23. The first kappa shape index (κ1) is 23.5. The van der Waals surface area contributed by atoms with Gasteiger partial charge in [0.15, 0.2) is 23.1 Å². The van der Waals surface area contributed by atoms with Crippen molar-refractivity contribution in [2.75, 3.05) is 17.6 Å². The quantitative estimate of drug-likeness (QED) is 0.402. The molecule has 5 rings (SSSR count). The van der Waals surface area contributed by atoms with Crippen LogP contribution in [-0.4, -0.2) is 28.8 Å². The van der Waals surface area contributed by atoms with E-state index < -0.39 is 11.2 Å². The Kier molecular flexibility index (Phi) is 6.56. The molecule has 0 saturated heterocycles. The fraction of sp³-hybridized carbons (Fsp3) is 0.296. The predicted molar refractivity (Wildman–Crippen MR) is 130 cm³/mol. The lowest BCUT2D eigenvalue weighted by molar-refractivity contribution is -0.133. The highest BCUT2D eigenvalue weighted by Gasteiger charge is 2.54. The topological polar surface area (TPSA) is 68.3 Å². The number of fused-ring (bicyclic) bond motifs is 1. The maximum Gasteiger partial charge on any atom is 0.166 e. The van der Waals surface area contributed by atoms with E-state index in [1.165, 1.54) is 24.3 Å². The Morgan fingerprint density at radius 2 is 1.69 bits per heavy atom. The normalized spacial score (nSPS) is 15.9. The van der Waals surface area contributed by atoms with Crippen LogP contribution < -0.4 is 10.1 Å². The highest BCUT2D eigenvalue weighted by molar-refractivity contribution is 7.99. The number of thioether (sulfide) groups is 1. The predicted octanol–water partition coefficient (Wildman–Crippen LogP) is 5.76. The number of nitrogens with zero attached hydrogens (tertiary/aromatic N) is 1. The van der Waals surface area contributed by atoms with E-state index in [9.17, 15) is 18.4 Å². The summed E-state index contributed by atoms with van der Waals surface area (Å²) in [6, 6.07) is 11.9. The number of benzene rings is 2. The number of carbonyl (C=O) groups excluding carboxylic acids is 2. The second-order valence-corrected chi connectivity index (χ2v) is 10.00. The van der Waals surface area contributed by atoms with Crippen LogP contribution in [0.3, 0.4) is 0 Å². The van der Waals surface area contributed by atoms with Gasteiger partial charge in [0.1, 0.15) is 17.4 Å². The molecule has 0 spiro atoms. The van der Waals surface area contributed by atoms with E-state index in [0.29, 0.717) is 29.7 Å². The van der Waals surface area contributed by atoms with Gasteiger partial charge in [-0.2, -0.15) is 0 Å². The summed E-state index contributed by atoms with van der Waals surface area (Å²) in [6.07, 6.45) is 3.65. The van der Waals surface area contributed by atoms with Gasteiger partial charge in [0.05, 0.1) is 10.3 Å². The van der Waals surface area contributed by atoms with Crippen molar-refractivity contribution >= 4 is 29.1 Å². The molecule has 1 aromatic heterocycles. The number of ether oxygens (including phenoxy) is 1. The Hall–Kier alpha value is -3.26. The first-order valence-electron chi connectivity index (χ1n) is 11.6. The number of pyridine rings is 1. The first-order valence-corrected chi connectivity index (χ1v) is 12.6. The van der Waals surface area contributed by atoms with E-state index in [1.54, 1.807) is 42.2 Å². The molecule has 2 heterocycles. The van der Waals surface area contributed by atoms with Crippen LogP contribution in [0.4, 0.5) is 14.6 Å². The van der Waals surface area contributed by atoms with E-state index in [0.717, 1.165) is 29.4 Å². The number of halogens is 2. The van der Waals surface area contributed by atoms with Gasteiger partial charge in [-0.05, 0) is 60.4 Å². The lowest BCUT2D eigenvalue weighted by atomic mass is 9.88. The summed E-state index contributed by atoms with van der Waals surface area (Å²) in [7, 11) is 0. The summed E-state index contributed by atoms with van der Waals surface area (Å²) < 4.78 is 33.9. The highest BCUT2D eigenvalue weighted by Crippen LogP contribution is 2.49. The second kappa shape index (κ2) is 9.77. The molecular weight excluding hydrogens is 470 g/mol. The Morgan fingerprint density at radius 1 is 0.971 bits per heavy atom. The summed E-state index contributed by atoms with van der Waals surface area (Å²) in [6.45, 7) is 0.821. The average molecular weight is 495 g/mol. The Bertz CT molecular complexity index is 1280. The second-order valence-electron chi connectivity index (χ2n) is 8.89. The Morgan fingerprint density at radius 3 is 2.40 bits per heavy atom. The van der Waals surface area contributed by atoms with Crippen LogP contribution in [0.5, 0.6) is 11.5 Å². The number of nitrogens with one attached hydrogen (secondary N) is 1. The third kappa shape index (κ3) is 5.07. The molecule has 1 saturated carbocycles. The molecule has 8 heteroatoms. The number of hydrogen-bond acceptors (Lipinski definition) is 6. The van der Waals surface area contributed by atoms with Gasteiger partial charge >= 0.3 is 0 Å². The van der Waals surface area contributed by atoms with Crippen molar-refractivity contribution in [1.82, 2.24) is 4.98 Å². The van der Waals surface area contributed by atoms with Gasteiger partial charge in [-0.3, -0.25) is 9.59 Å². The van der Waals surface area contributed by atoms with Gasteiger partial charge in [-0.25, -0.2) is 13.8 Å². The molecule has 1 aliphatic carbocycles. The third-order valence-corrected chi connectivity index (χ3v) is 7.58. The number of ketones is 2. The molecule has 1 N–H and O–H groups in total. The SMILES string of the molecule is O=C(Cc1ccc(F)cc1)C1(C(=O)Cc2ccc(Oc3ccnc4c3SCCCN4)c(F)c2)CC1. The van der Waals surface area contributed by atoms with Gasteiger partial charge in [-0.1, -0.05) is 18.2 Å². The molecule has 3 aromatic rings. The third-order valence-electron chi connectivity index (χ3n) is 6.40. The number of anilines is 1. The Balaban J connectivity index is 1.27. The van der Waals surface area contributed by atoms with E-state index >= 15 is 0 Å². The van der Waals surface area contributed by atoms with Crippen LogP contribution in [0, 0.1) is 17.0 Å². The zero-order chi connectivity index (χ0) is 24.4. The number of hydrogen-bond donors (Lipinski definition) is 1. The van der Waals surface area contributed by atoms with Crippen LogP contribution in [0.25, 0.3) is 0 Å². The molecule has 1 fully saturated rings. The smallest absolute Gasteiger partial charge is 0.166 e. The van der Waals surface area contributed by atoms with Crippen molar-refractivity contribution < 1.29 is 23.1 Å². The standard InChI is InChI=1S/C27H24F2N2O3S/c28-19-5-2-17(3-6-19)15-23(32)27(9-10-27)24(33)16-18-4-7-21(20(29)14-18)34-22-8-12-31-26-25(22)35-13-1-11-30-26/h2-8,12,14H,1,9-11,13,15-16H2,(H,30,31). The average Bonchev–Trinajstić information content (AvgIpc) is 3.67. The maximum absolute atomic E-state index is 14.9. The highest BCUT2D eigenvalue weighted by atomic mass is 32.2. The molecule has 0 radical (unpaired) electrons. The lowest BCUT2D eigenvalue weighted by Crippen LogP contribution is -2.28. The van der Waals surface area contributed by atoms with E-state index in [2.05, 4.69) is 10.3 Å². The minimum Gasteiger partial charge on any atom is -0.453 e. The molecular formula is C27H24F2N2O3S.